The van der Waals surface area contributed by atoms with Crippen molar-refractivity contribution in [3.05, 3.63) is 280 Å². The van der Waals surface area contributed by atoms with E-state index in [4.69, 9.17) is 14.5 Å². The Balaban J connectivity index is 0.00000145. The minimum atomic E-state index is -4.45. The molecule has 3 aromatic carbocycles. The number of aryl methyl sites for hydroxylation is 6. The van der Waals surface area contributed by atoms with Crippen LogP contribution in [-0.4, -0.2) is 182 Å². The number of aromatic nitrogens is 21. The number of aliphatic hydroxyl groups is 2. The van der Waals surface area contributed by atoms with Gasteiger partial charge in [0.15, 0.2) is 0 Å². The number of phosphoric acid groups is 1. The van der Waals surface area contributed by atoms with Crippen molar-refractivity contribution in [3.8, 4) is 0 Å². The Morgan fingerprint density at radius 2 is 0.776 bits per heavy atom. The molecule has 8 atom stereocenters. The fourth-order valence-corrected chi connectivity index (χ4v) is 12.6. The normalized spacial score (nSPS) is 12.5. The number of carbonyl (C=O) groups excluding carboxylic acids is 1. The first-order valence-corrected chi connectivity index (χ1v) is 47.5. The van der Waals surface area contributed by atoms with Gasteiger partial charge < -0.3 is 24.7 Å². The zero-order chi connectivity index (χ0) is 102. The van der Waals surface area contributed by atoms with Crippen LogP contribution in [0.25, 0.3) is 0 Å². The Kier molecular flexibility index (Phi) is 62.4. The summed E-state index contributed by atoms with van der Waals surface area (Å²) >= 11 is 0. The maximum Gasteiger partial charge on any atom is 0.469 e. The molecule has 12 aromatic rings. The van der Waals surface area contributed by atoms with Gasteiger partial charge in [0, 0.05) is 89.1 Å². The maximum absolute atomic E-state index is 11.9. The zero-order valence-corrected chi connectivity index (χ0v) is 87.2. The molecule has 0 spiro atoms. The summed E-state index contributed by atoms with van der Waals surface area (Å²) in [6, 6.07) is 43.1. The third kappa shape index (κ3) is 51.4. The number of rotatable bonds is 25. The van der Waals surface area contributed by atoms with E-state index in [2.05, 4.69) is 267 Å². The number of aliphatic hydroxyl groups excluding tert-OH is 2. The first-order chi connectivity index (χ1) is 63.1. The van der Waals surface area contributed by atoms with Crippen LogP contribution in [0.2, 0.25) is 0 Å². The highest BCUT2D eigenvalue weighted by Crippen LogP contribution is 2.40. The fourth-order valence-electron chi connectivity index (χ4n) is 12.0. The Bertz CT molecular complexity index is 4690. The number of alkyl halides is 1. The molecule has 9 aromatic heterocycles. The van der Waals surface area contributed by atoms with E-state index in [-0.39, 0.29) is 54.2 Å². The van der Waals surface area contributed by atoms with Gasteiger partial charge in [-0.25, -0.2) is 32.8 Å². The van der Waals surface area contributed by atoms with Crippen molar-refractivity contribution in [3.63, 3.8) is 0 Å². The number of halogens is 1. The summed E-state index contributed by atoms with van der Waals surface area (Å²) in [6.45, 7) is 51.3. The number of esters is 1. The molecule has 0 saturated carbocycles. The number of ether oxygens (including phenoxy) is 1. The molecule has 12 rings (SSSR count). The number of carbonyl (C=O) groups is 1. The molecule has 134 heavy (non-hydrogen) atoms. The molecule has 0 aliphatic carbocycles. The Morgan fingerprint density at radius 1 is 0.440 bits per heavy atom. The van der Waals surface area contributed by atoms with E-state index in [1.807, 2.05) is 129 Å². The molecule has 744 valence electrons. The zero-order valence-electron chi connectivity index (χ0n) is 86.3. The van der Waals surface area contributed by atoms with E-state index < -0.39 is 26.1 Å². The van der Waals surface area contributed by atoms with Crippen LogP contribution in [0.5, 0.6) is 0 Å². The van der Waals surface area contributed by atoms with E-state index in [1.54, 1.807) is 115 Å². The van der Waals surface area contributed by atoms with E-state index in [0.717, 1.165) is 23.5 Å². The number of pyridine rings is 3. The third-order valence-corrected chi connectivity index (χ3v) is 20.7. The minimum absolute atomic E-state index is 0.0474. The van der Waals surface area contributed by atoms with Crippen LogP contribution in [0.15, 0.2) is 218 Å². The molecule has 0 unspecified atom stereocenters. The SMILES string of the molecule is CC(C)c1ccccc1.CC(C)c1ccccc1.CC(C)c1ccccc1.CC(C)c1cccnc1.CC(C)c1cccnc1.CC(C)c1cccnc1.CC(C)c1cn(C)nn1.CC(C)c1cn(C)nn1.CC[C@@H]([C@@H](C)O)n1cc(C)nn1.CC[C@@H]([C@@H](C)O)n1ncn(C)c1=O.CC[C@@H]([C@@H](C)OP(=O)(O)O)n1c[n+](C)cn1.CC[C@@H]([C@H](C)OC(=O)CN(C)C)n1ncn(C)c1=O.CF. The molecule has 0 saturated heterocycles. The van der Waals surface area contributed by atoms with E-state index in [1.165, 1.54) is 64.5 Å². The van der Waals surface area contributed by atoms with Gasteiger partial charge in [0.25, 0.3) is 6.33 Å². The molecule has 0 bridgehead atoms. The smallest absolute Gasteiger partial charge is 0.459 e. The van der Waals surface area contributed by atoms with Crippen LogP contribution < -0.4 is 15.9 Å². The van der Waals surface area contributed by atoms with Crippen molar-refractivity contribution < 1.29 is 47.6 Å². The predicted molar refractivity (Wildman–Crippen MR) is 534 cm³/mol. The fraction of sp³-hybridized carbons (Fsp3) is 0.540. The summed E-state index contributed by atoms with van der Waals surface area (Å²) in [6.07, 6.45) is 24.0. The molecule has 32 nitrogen and oxygen atoms in total. The standard InChI is InChI=1S/C12H22N4O3.3C9H12.C8H16N3O4P.C8H15N3O2.C8H15N3O.3C8H11N.2C6H11N3.CH3F/c1-6-10(16-12(18)15(5)8-13-16)9(2)19-11(17)7-14(3)4;3*1-8(2)9-6-4-3-5-7-9;1-4-8(7(2)15-16(12,13)14)11-6-10(3)5-9-11;1-4-7(6(2)12)11-8(13)10(3)5-9-11;1-4-8(7(3)12)11-5-6(2)9-10-11;3*1-7(2)8-4-3-5-9-6-8;2*1-5(2)6-4-9(3)8-7-6;1-2/h8-10H,6-7H2,1-5H3;3*3-8H,1-2H3;5-8H,4H2,1-3H3,(H-,12,13,14);5-7,12H,4H2,1-3H3;5,7-8,12H,4H2,1-3H3;3*3-7H,1-2H3;2*4-5H,1-3H3;1H3/p+1/t9-,10-;;;;7-,8+;6-,7+;7-,8+;;;;;;/m0...111....../s1. The topological polar surface area (TPSA) is 369 Å². The number of hydrogen-bond donors (Lipinski definition) is 4. The van der Waals surface area contributed by atoms with Crippen molar-refractivity contribution in [2.45, 2.75) is 295 Å². The van der Waals surface area contributed by atoms with Gasteiger partial charge in [-0.05, 0) is 173 Å². The van der Waals surface area contributed by atoms with Gasteiger partial charge in [0.2, 0.25) is 6.33 Å². The van der Waals surface area contributed by atoms with Crippen molar-refractivity contribution in [1.82, 2.24) is 103 Å². The first kappa shape index (κ1) is 123. The number of nitrogens with zero attached hydrogens (tertiary/aromatic N) is 22. The second-order valence-corrected chi connectivity index (χ2v) is 35.9. The highest BCUT2D eigenvalue weighted by molar-refractivity contribution is 7.46. The molecular formula is C100H163FN22O10P+. The second kappa shape index (κ2) is 68.0. The monoisotopic (exact) mass is 1880 g/mol. The summed E-state index contributed by atoms with van der Waals surface area (Å²) < 4.78 is 44.3. The molecule has 0 aliphatic rings. The van der Waals surface area contributed by atoms with E-state index in [0.29, 0.717) is 73.8 Å². The molecular weight excluding hydrogens is 1720 g/mol. The van der Waals surface area contributed by atoms with Gasteiger partial charge in [-0.2, -0.15) is 10.2 Å². The Hall–Kier alpha value is -11.1. The lowest BCUT2D eigenvalue weighted by Crippen LogP contribution is -2.36. The van der Waals surface area contributed by atoms with Crippen LogP contribution in [0.1, 0.15) is 314 Å². The lowest BCUT2D eigenvalue weighted by Gasteiger charge is -2.23. The lowest BCUT2D eigenvalue weighted by molar-refractivity contribution is -0.672. The molecule has 4 N–H and O–H groups in total. The average molecular weight is 1880 g/mol. The Labute approximate surface area is 798 Å². The van der Waals surface area contributed by atoms with Gasteiger partial charge in [0.1, 0.15) is 30.9 Å². The van der Waals surface area contributed by atoms with Crippen LogP contribution >= 0.6 is 7.82 Å². The van der Waals surface area contributed by atoms with Crippen molar-refractivity contribution >= 4 is 13.8 Å². The summed E-state index contributed by atoms with van der Waals surface area (Å²) in [5, 5.41) is 54.1. The molecule has 0 fully saturated rings. The summed E-state index contributed by atoms with van der Waals surface area (Å²) in [5.41, 5.74) is 10.7. The van der Waals surface area contributed by atoms with Crippen LogP contribution in [0.3, 0.4) is 0 Å². The van der Waals surface area contributed by atoms with Crippen LogP contribution in [0.4, 0.5) is 4.39 Å². The highest BCUT2D eigenvalue weighted by Gasteiger charge is 2.31. The molecule has 34 heteroatoms. The summed E-state index contributed by atoms with van der Waals surface area (Å²) in [5.74, 6) is 4.43. The second-order valence-electron chi connectivity index (χ2n) is 34.8. The average Bonchev–Trinajstić information content (AvgIpc) is 1.69. The van der Waals surface area contributed by atoms with Gasteiger partial charge in [-0.3, -0.25) is 52.1 Å². The highest BCUT2D eigenvalue weighted by atomic mass is 31.2. The summed E-state index contributed by atoms with van der Waals surface area (Å²) in [7, 11) is 8.50. The number of hydrogen-bond acceptors (Lipinski definition) is 21. The Morgan fingerprint density at radius 3 is 0.985 bits per heavy atom. The first-order valence-electron chi connectivity index (χ1n) is 46.0. The van der Waals surface area contributed by atoms with Crippen molar-refractivity contribution in [1.29, 1.82) is 0 Å². The van der Waals surface area contributed by atoms with Crippen LogP contribution in [-0.2, 0) is 53.9 Å². The lowest BCUT2D eigenvalue weighted by atomic mass is 10.0. The van der Waals surface area contributed by atoms with Crippen molar-refractivity contribution in [2.24, 2.45) is 35.2 Å². The van der Waals surface area contributed by atoms with E-state index >= 15 is 0 Å². The molecule has 0 amide bonds. The number of benzene rings is 3. The quantitative estimate of drug-likeness (QED) is 0.0234. The van der Waals surface area contributed by atoms with Gasteiger partial charge >= 0.3 is 25.2 Å². The van der Waals surface area contributed by atoms with E-state index in [9.17, 15) is 33.6 Å². The molecule has 9 heterocycles. The third-order valence-electron chi connectivity index (χ3n) is 20.1. The van der Waals surface area contributed by atoms with Gasteiger partial charge in [-0.1, -0.05) is 263 Å². The van der Waals surface area contributed by atoms with Crippen molar-refractivity contribution in [2.75, 3.05) is 27.8 Å². The number of phosphoric ester groups is 1. The number of likely N-dealkylation sites (N-methyl/N-ethyl adjacent to an activating group) is 1. The largest absolute Gasteiger partial charge is 0.469 e. The molecule has 0 radical (unpaired) electrons. The van der Waals surface area contributed by atoms with Gasteiger partial charge in [0.05, 0.1) is 68.2 Å². The minimum Gasteiger partial charge on any atom is -0.459 e. The van der Waals surface area contributed by atoms with Gasteiger partial charge in [-0.15, -0.1) is 20.0 Å². The predicted octanol–water partition coefficient (Wildman–Crippen LogP) is 18.5. The van der Waals surface area contributed by atoms with Crippen LogP contribution in [0, 0.1) is 6.92 Å². The molecule has 0 aliphatic heterocycles. The maximum atomic E-state index is 11.9. The summed E-state index contributed by atoms with van der Waals surface area (Å²) in [4.78, 5) is 66.1.